The molecule has 3 atom stereocenters. The second kappa shape index (κ2) is 11.9. The Hall–Kier alpha value is -4.85. The van der Waals surface area contributed by atoms with Crippen LogP contribution in [0.2, 0.25) is 0 Å². The van der Waals surface area contributed by atoms with Crippen LogP contribution in [0.15, 0.2) is 91.0 Å². The quantitative estimate of drug-likeness (QED) is 0.323. The normalized spacial score (nSPS) is 18.6. The zero-order valence-corrected chi connectivity index (χ0v) is 25.6. The van der Waals surface area contributed by atoms with Crippen LogP contribution in [-0.2, 0) is 21.4 Å². The van der Waals surface area contributed by atoms with Gasteiger partial charge in [0.05, 0.1) is 12.6 Å². The number of carbonyl (C=O) groups is 4. The van der Waals surface area contributed by atoms with E-state index in [0.717, 1.165) is 16.3 Å². The molecule has 230 valence electrons. The van der Waals surface area contributed by atoms with Crippen molar-refractivity contribution in [1.29, 1.82) is 0 Å². The first kappa shape index (κ1) is 30.2. The second-order valence-electron chi connectivity index (χ2n) is 13.0. The highest BCUT2D eigenvalue weighted by atomic mass is 19.1. The maximum Gasteiger partial charge on any atom is 0.254 e. The van der Waals surface area contributed by atoms with E-state index in [4.69, 9.17) is 0 Å². The van der Waals surface area contributed by atoms with E-state index in [0.29, 0.717) is 23.1 Å². The average Bonchev–Trinajstić information content (AvgIpc) is 3.61. The van der Waals surface area contributed by atoms with Crippen molar-refractivity contribution in [3.05, 3.63) is 119 Å². The number of carbonyl (C=O) groups excluding carboxylic acids is 4. The summed E-state index contributed by atoms with van der Waals surface area (Å²) in [6.07, 6.45) is 0.569. The summed E-state index contributed by atoms with van der Waals surface area (Å²) >= 11 is 0. The van der Waals surface area contributed by atoms with E-state index in [1.54, 1.807) is 35.2 Å². The van der Waals surface area contributed by atoms with Crippen LogP contribution in [-0.4, -0.2) is 64.5 Å². The van der Waals surface area contributed by atoms with Gasteiger partial charge in [-0.1, -0.05) is 75.4 Å². The van der Waals surface area contributed by atoms with Gasteiger partial charge >= 0.3 is 0 Å². The average molecular weight is 606 g/mol. The van der Waals surface area contributed by atoms with Gasteiger partial charge < -0.3 is 15.1 Å². The molecule has 2 saturated heterocycles. The van der Waals surface area contributed by atoms with E-state index >= 15 is 0 Å². The minimum atomic E-state index is -0.998. The van der Waals surface area contributed by atoms with E-state index in [2.05, 4.69) is 26.1 Å². The zero-order chi connectivity index (χ0) is 31.9. The lowest BCUT2D eigenvalue weighted by molar-refractivity contribution is -0.138. The van der Waals surface area contributed by atoms with E-state index in [1.165, 1.54) is 17.0 Å². The number of fused-ring (bicyclic) bond motifs is 2. The number of Topliss-reactive ketones (excluding diaryl/α,β-unsaturated/α-hetero) is 1. The maximum absolute atomic E-state index is 14.1. The molecule has 8 heteroatoms. The van der Waals surface area contributed by atoms with Crippen molar-refractivity contribution < 1.29 is 23.6 Å². The fourth-order valence-electron chi connectivity index (χ4n) is 6.45. The molecule has 6 rings (SSSR count). The van der Waals surface area contributed by atoms with Gasteiger partial charge in [-0.3, -0.25) is 19.2 Å². The predicted molar refractivity (Wildman–Crippen MR) is 170 cm³/mol. The molecular weight excluding hydrogens is 569 g/mol. The number of hydrogen-bond donors (Lipinski definition) is 1. The van der Waals surface area contributed by atoms with Crippen LogP contribution in [0.3, 0.4) is 0 Å². The second-order valence-corrected chi connectivity index (χ2v) is 13.0. The number of likely N-dealkylation sites (tertiary alicyclic amines) is 2. The molecule has 1 N–H and O–H groups in total. The van der Waals surface area contributed by atoms with Crippen molar-refractivity contribution in [3.63, 3.8) is 0 Å². The number of amides is 3. The van der Waals surface area contributed by atoms with Crippen LogP contribution in [0.1, 0.15) is 59.0 Å². The van der Waals surface area contributed by atoms with Crippen molar-refractivity contribution in [1.82, 2.24) is 15.1 Å². The molecule has 45 heavy (non-hydrogen) atoms. The Bertz CT molecular complexity index is 1780. The van der Waals surface area contributed by atoms with Gasteiger partial charge in [-0.25, -0.2) is 4.39 Å². The molecule has 1 unspecified atom stereocenters. The number of ketones is 1. The summed E-state index contributed by atoms with van der Waals surface area (Å²) in [5.41, 5.74) is 2.55. The number of hydrogen-bond acceptors (Lipinski definition) is 4. The lowest BCUT2D eigenvalue weighted by Gasteiger charge is -2.28. The molecule has 2 aliphatic heterocycles. The molecule has 4 aromatic carbocycles. The Morgan fingerprint density at radius 1 is 0.867 bits per heavy atom. The van der Waals surface area contributed by atoms with Crippen LogP contribution in [0.25, 0.3) is 10.8 Å². The predicted octanol–water partition coefficient (Wildman–Crippen LogP) is 5.31. The summed E-state index contributed by atoms with van der Waals surface area (Å²) in [5.74, 6) is -1.67. The van der Waals surface area contributed by atoms with E-state index in [9.17, 15) is 23.6 Å². The monoisotopic (exact) mass is 605 g/mol. The van der Waals surface area contributed by atoms with E-state index in [1.807, 2.05) is 48.5 Å². The Kier molecular flexibility index (Phi) is 7.99. The zero-order valence-electron chi connectivity index (χ0n) is 25.6. The first-order valence-electron chi connectivity index (χ1n) is 15.3. The lowest BCUT2D eigenvalue weighted by atomic mass is 9.86. The summed E-state index contributed by atoms with van der Waals surface area (Å²) in [6, 6.07) is 24.1. The molecule has 0 aliphatic carbocycles. The molecule has 2 heterocycles. The van der Waals surface area contributed by atoms with Gasteiger partial charge in [0.15, 0.2) is 5.78 Å². The van der Waals surface area contributed by atoms with Crippen molar-refractivity contribution in [3.8, 4) is 0 Å². The fraction of sp³-hybridized carbons (Fsp3) is 0.297. The van der Waals surface area contributed by atoms with Gasteiger partial charge in [0.1, 0.15) is 17.9 Å². The fourth-order valence-corrected chi connectivity index (χ4v) is 6.45. The largest absolute Gasteiger partial charge is 0.340 e. The molecule has 0 radical (unpaired) electrons. The lowest BCUT2D eigenvalue weighted by Crippen LogP contribution is -2.53. The molecule has 4 aromatic rings. The molecule has 7 nitrogen and oxygen atoms in total. The van der Waals surface area contributed by atoms with Crippen molar-refractivity contribution in [2.24, 2.45) is 0 Å². The number of nitrogens with zero attached hydrogens (tertiary/aromatic N) is 2. The third-order valence-corrected chi connectivity index (χ3v) is 8.93. The number of halogens is 1. The van der Waals surface area contributed by atoms with Gasteiger partial charge in [-0.05, 0) is 70.1 Å². The third-order valence-electron chi connectivity index (χ3n) is 8.93. The Balaban J connectivity index is 1.23. The number of benzene rings is 4. The molecule has 0 aromatic heterocycles. The SMILES string of the molecule is CC(C)(C)c1ccc(C(=O)N[C@@H](Cc2ccc(F)cc2)C(=O)N2CCC3[C@H]2C(=O)CN3C(=O)c2ccc3ccccc3c2)cc1. The summed E-state index contributed by atoms with van der Waals surface area (Å²) in [5, 5.41) is 4.83. The third kappa shape index (κ3) is 6.10. The number of nitrogens with one attached hydrogen (secondary N) is 1. The van der Waals surface area contributed by atoms with E-state index < -0.39 is 35.8 Å². The first-order chi connectivity index (χ1) is 21.5. The van der Waals surface area contributed by atoms with Crippen LogP contribution >= 0.6 is 0 Å². The molecular formula is C37H36FN3O4. The van der Waals surface area contributed by atoms with Gasteiger partial charge in [-0.2, -0.15) is 0 Å². The minimum absolute atomic E-state index is 0.0834. The summed E-state index contributed by atoms with van der Waals surface area (Å²) < 4.78 is 13.7. The van der Waals surface area contributed by atoms with Gasteiger partial charge in [0, 0.05) is 24.1 Å². The smallest absolute Gasteiger partial charge is 0.254 e. The minimum Gasteiger partial charge on any atom is -0.340 e. The maximum atomic E-state index is 14.1. The Morgan fingerprint density at radius 3 is 2.22 bits per heavy atom. The summed E-state index contributed by atoms with van der Waals surface area (Å²) in [6.45, 7) is 6.45. The summed E-state index contributed by atoms with van der Waals surface area (Å²) in [7, 11) is 0. The van der Waals surface area contributed by atoms with Crippen LogP contribution in [0.5, 0.6) is 0 Å². The van der Waals surface area contributed by atoms with Gasteiger partial charge in [0.25, 0.3) is 11.8 Å². The highest BCUT2D eigenvalue weighted by Crippen LogP contribution is 2.32. The Labute approximate surface area is 262 Å². The van der Waals surface area contributed by atoms with E-state index in [-0.39, 0.29) is 36.6 Å². The van der Waals surface area contributed by atoms with Crippen molar-refractivity contribution in [2.45, 2.75) is 57.2 Å². The molecule has 2 aliphatic rings. The standard InChI is InChI=1S/C37H36FN3O4/c1-37(2,3)28-14-12-25(13-15-28)34(43)39-30(20-23-8-16-29(38)17-9-23)36(45)40-19-18-31-33(40)32(42)22-41(31)35(44)27-11-10-24-6-4-5-7-26(24)21-27/h4-17,21,30-31,33H,18-20,22H2,1-3H3,(H,39,43)/t30-,31?,33-/m0/s1. The van der Waals surface area contributed by atoms with Crippen LogP contribution in [0, 0.1) is 5.82 Å². The van der Waals surface area contributed by atoms with Crippen LogP contribution < -0.4 is 5.32 Å². The van der Waals surface area contributed by atoms with Gasteiger partial charge in [0.2, 0.25) is 5.91 Å². The first-order valence-corrected chi connectivity index (χ1v) is 15.3. The Morgan fingerprint density at radius 2 is 1.53 bits per heavy atom. The van der Waals surface area contributed by atoms with Crippen molar-refractivity contribution in [2.75, 3.05) is 13.1 Å². The number of rotatable bonds is 6. The molecule has 0 spiro atoms. The molecule has 0 saturated carbocycles. The molecule has 2 fully saturated rings. The molecule has 3 amide bonds. The molecule has 0 bridgehead atoms. The summed E-state index contributed by atoms with van der Waals surface area (Å²) in [4.78, 5) is 57.6. The van der Waals surface area contributed by atoms with Gasteiger partial charge in [-0.15, -0.1) is 0 Å². The highest BCUT2D eigenvalue weighted by Gasteiger charge is 2.52. The topological polar surface area (TPSA) is 86.8 Å². The van der Waals surface area contributed by atoms with Crippen LogP contribution in [0.4, 0.5) is 4.39 Å². The van der Waals surface area contributed by atoms with Crippen molar-refractivity contribution >= 4 is 34.3 Å². The highest BCUT2D eigenvalue weighted by molar-refractivity contribution is 6.05.